The Bertz CT molecular complexity index is 1040. The van der Waals surface area contributed by atoms with Crippen LogP contribution in [-0.4, -0.2) is 11.0 Å². The van der Waals surface area contributed by atoms with Crippen molar-refractivity contribution >= 4 is 50.0 Å². The topological polar surface area (TPSA) is 77.8 Å². The van der Waals surface area contributed by atoms with Gasteiger partial charge in [-0.2, -0.15) is 18.4 Å². The van der Waals surface area contributed by atoms with Crippen LogP contribution in [-0.2, 0) is 6.18 Å². The van der Waals surface area contributed by atoms with E-state index in [0.29, 0.717) is 15.8 Å². The van der Waals surface area contributed by atoms with E-state index in [-0.39, 0.29) is 15.8 Å². The average molecular weight is 397 g/mol. The van der Waals surface area contributed by atoms with E-state index < -0.39 is 17.8 Å². The molecule has 0 fully saturated rings. The molecule has 0 aliphatic carbocycles. The lowest BCUT2D eigenvalue weighted by Crippen LogP contribution is -2.19. The van der Waals surface area contributed by atoms with Crippen molar-refractivity contribution in [2.24, 2.45) is 0 Å². The monoisotopic (exact) mass is 396 g/mol. The number of fused-ring (bicyclic) bond motifs is 1. The van der Waals surface area contributed by atoms with Crippen LogP contribution in [0.3, 0.4) is 0 Å². The third-order valence-corrected chi connectivity index (χ3v) is 4.54. The second-order valence-electron chi connectivity index (χ2n) is 5.08. The van der Waals surface area contributed by atoms with Gasteiger partial charge in [-0.05, 0) is 36.4 Å². The van der Waals surface area contributed by atoms with Crippen LogP contribution in [0, 0.1) is 11.3 Å². The SMILES string of the molecule is N#Cc1ccc(Cl)c(NC(=O)Nc2nc3ccc(C(F)(F)F)cc3s2)c1. The summed E-state index contributed by atoms with van der Waals surface area (Å²) in [5, 5.41) is 14.1. The van der Waals surface area contributed by atoms with Crippen LogP contribution in [0.25, 0.3) is 10.2 Å². The molecule has 2 aromatic carbocycles. The molecule has 0 unspecified atom stereocenters. The van der Waals surface area contributed by atoms with Crippen LogP contribution in [0.1, 0.15) is 11.1 Å². The largest absolute Gasteiger partial charge is 0.416 e. The Morgan fingerprint density at radius 2 is 1.96 bits per heavy atom. The highest BCUT2D eigenvalue weighted by atomic mass is 35.5. The number of carbonyl (C=O) groups excluding carboxylic acids is 1. The molecule has 0 radical (unpaired) electrons. The summed E-state index contributed by atoms with van der Waals surface area (Å²) in [6.45, 7) is 0. The van der Waals surface area contributed by atoms with Gasteiger partial charge >= 0.3 is 12.2 Å². The average Bonchev–Trinajstić information content (AvgIpc) is 2.97. The molecule has 26 heavy (non-hydrogen) atoms. The molecule has 0 saturated carbocycles. The number of nitrogens with one attached hydrogen (secondary N) is 2. The lowest BCUT2D eigenvalue weighted by Gasteiger charge is -2.07. The van der Waals surface area contributed by atoms with Crippen molar-refractivity contribution in [3.05, 3.63) is 52.5 Å². The van der Waals surface area contributed by atoms with Crippen molar-refractivity contribution in [2.45, 2.75) is 6.18 Å². The predicted octanol–water partition coefficient (Wildman–Crippen LogP) is 5.48. The smallest absolute Gasteiger partial charge is 0.306 e. The van der Waals surface area contributed by atoms with Gasteiger partial charge in [-0.25, -0.2) is 9.78 Å². The quantitative estimate of drug-likeness (QED) is 0.601. The Morgan fingerprint density at radius 3 is 2.65 bits per heavy atom. The van der Waals surface area contributed by atoms with E-state index in [1.54, 1.807) is 0 Å². The van der Waals surface area contributed by atoms with E-state index >= 15 is 0 Å². The number of thiazole rings is 1. The lowest BCUT2D eigenvalue weighted by atomic mass is 10.2. The molecule has 0 spiro atoms. The zero-order valence-electron chi connectivity index (χ0n) is 12.7. The minimum atomic E-state index is -4.45. The number of nitrogens with zero attached hydrogens (tertiary/aromatic N) is 2. The van der Waals surface area contributed by atoms with E-state index in [0.717, 1.165) is 23.5 Å². The summed E-state index contributed by atoms with van der Waals surface area (Å²) in [5.41, 5.74) is 0.0839. The number of rotatable bonds is 2. The molecule has 0 saturated heterocycles. The van der Waals surface area contributed by atoms with Gasteiger partial charge in [0.1, 0.15) is 0 Å². The summed E-state index contributed by atoms with van der Waals surface area (Å²) in [6.07, 6.45) is -4.45. The van der Waals surface area contributed by atoms with Crippen LogP contribution in [0.5, 0.6) is 0 Å². The van der Waals surface area contributed by atoms with Gasteiger partial charge in [0.05, 0.1) is 38.1 Å². The van der Waals surface area contributed by atoms with E-state index in [1.807, 2.05) is 6.07 Å². The van der Waals surface area contributed by atoms with Gasteiger partial charge in [0.2, 0.25) is 0 Å². The number of anilines is 2. The van der Waals surface area contributed by atoms with Gasteiger partial charge in [0.15, 0.2) is 5.13 Å². The number of carbonyl (C=O) groups is 1. The molecule has 10 heteroatoms. The predicted molar refractivity (Wildman–Crippen MR) is 93.4 cm³/mol. The fraction of sp³-hybridized carbons (Fsp3) is 0.0625. The number of hydrogen-bond acceptors (Lipinski definition) is 4. The van der Waals surface area contributed by atoms with E-state index in [9.17, 15) is 18.0 Å². The summed E-state index contributed by atoms with van der Waals surface area (Å²) in [7, 11) is 0. The minimum absolute atomic E-state index is 0.129. The normalized spacial score (nSPS) is 11.2. The van der Waals surface area contributed by atoms with E-state index in [4.69, 9.17) is 16.9 Å². The summed E-state index contributed by atoms with van der Waals surface area (Å²) < 4.78 is 38.5. The van der Waals surface area contributed by atoms with Crippen molar-refractivity contribution in [1.29, 1.82) is 5.26 Å². The number of halogens is 4. The van der Waals surface area contributed by atoms with Gasteiger partial charge in [-0.1, -0.05) is 22.9 Å². The van der Waals surface area contributed by atoms with Gasteiger partial charge in [0.25, 0.3) is 0 Å². The second kappa shape index (κ2) is 6.82. The molecule has 3 rings (SSSR count). The summed E-state index contributed by atoms with van der Waals surface area (Å²) in [5.74, 6) is 0. The van der Waals surface area contributed by atoms with Crippen molar-refractivity contribution < 1.29 is 18.0 Å². The zero-order chi connectivity index (χ0) is 18.9. The number of hydrogen-bond donors (Lipinski definition) is 2. The Kier molecular flexibility index (Phi) is 4.71. The van der Waals surface area contributed by atoms with Crippen molar-refractivity contribution in [2.75, 3.05) is 10.6 Å². The maximum Gasteiger partial charge on any atom is 0.416 e. The Balaban J connectivity index is 1.78. The molecule has 0 aliphatic heterocycles. The number of nitriles is 1. The second-order valence-corrected chi connectivity index (χ2v) is 6.52. The van der Waals surface area contributed by atoms with Crippen molar-refractivity contribution in [3.63, 3.8) is 0 Å². The zero-order valence-corrected chi connectivity index (χ0v) is 14.3. The van der Waals surface area contributed by atoms with Crippen LogP contribution in [0.2, 0.25) is 5.02 Å². The number of benzene rings is 2. The maximum absolute atomic E-state index is 12.7. The molecule has 0 aliphatic rings. The number of aromatic nitrogens is 1. The van der Waals surface area contributed by atoms with Gasteiger partial charge in [0, 0.05) is 0 Å². The first-order chi connectivity index (χ1) is 12.3. The highest BCUT2D eigenvalue weighted by Gasteiger charge is 2.30. The number of amides is 2. The van der Waals surface area contributed by atoms with Crippen LogP contribution in [0.4, 0.5) is 28.8 Å². The molecule has 132 valence electrons. The Hall–Kier alpha value is -2.83. The maximum atomic E-state index is 12.7. The number of alkyl halides is 3. The highest BCUT2D eigenvalue weighted by Crippen LogP contribution is 2.34. The fourth-order valence-electron chi connectivity index (χ4n) is 2.10. The van der Waals surface area contributed by atoms with Crippen LogP contribution < -0.4 is 10.6 Å². The molecule has 2 amide bonds. The van der Waals surface area contributed by atoms with Crippen LogP contribution in [0.15, 0.2) is 36.4 Å². The van der Waals surface area contributed by atoms with E-state index in [1.165, 1.54) is 24.3 Å². The van der Waals surface area contributed by atoms with Crippen LogP contribution >= 0.6 is 22.9 Å². The molecule has 2 N–H and O–H groups in total. The van der Waals surface area contributed by atoms with Gasteiger partial charge < -0.3 is 5.32 Å². The highest BCUT2D eigenvalue weighted by molar-refractivity contribution is 7.22. The molecule has 3 aromatic rings. The Labute approximate surface area is 154 Å². The summed E-state index contributed by atoms with van der Waals surface area (Å²) in [4.78, 5) is 16.1. The first kappa shape index (κ1) is 18.0. The van der Waals surface area contributed by atoms with Gasteiger partial charge in [-0.15, -0.1) is 0 Å². The summed E-state index contributed by atoms with van der Waals surface area (Å²) >= 11 is 6.86. The first-order valence-corrected chi connectivity index (χ1v) is 8.21. The number of urea groups is 1. The van der Waals surface area contributed by atoms with Gasteiger partial charge in [-0.3, -0.25) is 5.32 Å². The summed E-state index contributed by atoms with van der Waals surface area (Å²) in [6, 6.07) is 8.74. The third-order valence-electron chi connectivity index (χ3n) is 3.28. The first-order valence-electron chi connectivity index (χ1n) is 7.02. The minimum Gasteiger partial charge on any atom is -0.306 e. The molecular formula is C16H8ClF3N4OS. The van der Waals surface area contributed by atoms with Crippen molar-refractivity contribution in [3.8, 4) is 6.07 Å². The molecule has 1 heterocycles. The Morgan fingerprint density at radius 1 is 1.19 bits per heavy atom. The molecule has 1 aromatic heterocycles. The van der Waals surface area contributed by atoms with Crippen molar-refractivity contribution in [1.82, 2.24) is 4.98 Å². The lowest BCUT2D eigenvalue weighted by molar-refractivity contribution is -0.137. The van der Waals surface area contributed by atoms with E-state index in [2.05, 4.69) is 15.6 Å². The fourth-order valence-corrected chi connectivity index (χ4v) is 3.16. The molecule has 0 atom stereocenters. The third kappa shape index (κ3) is 3.87. The molecule has 0 bridgehead atoms. The molecular weight excluding hydrogens is 389 g/mol. The molecule has 5 nitrogen and oxygen atoms in total. The standard InChI is InChI=1S/C16H8ClF3N4OS/c17-10-3-1-8(7-21)5-12(10)22-14(25)24-15-23-11-4-2-9(16(18,19)20)6-13(11)26-15/h1-6H,(H2,22,23,24,25).